The highest BCUT2D eigenvalue weighted by Crippen LogP contribution is 2.34. The zero-order valence-corrected chi connectivity index (χ0v) is 20.0. The van der Waals surface area contributed by atoms with Crippen molar-refractivity contribution in [2.45, 2.75) is 32.2 Å². The number of benzene rings is 2. The fourth-order valence-electron chi connectivity index (χ4n) is 4.21. The number of amides is 2. The lowest BCUT2D eigenvalue weighted by Crippen LogP contribution is -2.50. The number of carboxylic acid groups (broad SMARTS) is 1. The Hall–Kier alpha value is -3.36. The Labute approximate surface area is 206 Å². The lowest BCUT2D eigenvalue weighted by Gasteiger charge is -2.31. The van der Waals surface area contributed by atoms with Crippen LogP contribution in [-0.4, -0.2) is 37.7 Å². The van der Waals surface area contributed by atoms with Gasteiger partial charge in [-0.3, -0.25) is 24.5 Å². The van der Waals surface area contributed by atoms with Crippen LogP contribution in [-0.2, 0) is 18.4 Å². The van der Waals surface area contributed by atoms with Gasteiger partial charge >= 0.3 is 5.97 Å². The quantitative estimate of drug-likeness (QED) is 0.511. The lowest BCUT2D eigenvalue weighted by atomic mass is 9.86. The third-order valence-corrected chi connectivity index (χ3v) is 6.46. The Morgan fingerprint density at radius 3 is 2.50 bits per heavy atom. The molecule has 1 unspecified atom stereocenters. The molecule has 1 aromatic heterocycles. The number of nitrogens with one attached hydrogen (secondary N) is 1. The maximum atomic E-state index is 13.3. The summed E-state index contributed by atoms with van der Waals surface area (Å²) in [7, 11) is 1.79. The number of hydrogen-bond acceptors (Lipinski definition) is 4. The second-order valence-electron chi connectivity index (χ2n) is 8.13. The SMILES string of the molecule is CCC(CC(=O)O)c1cccc2c1C(=O)NN(C(=O)c1c(Cl)cc(-c3cnn(C)c3)cc1Cl)C2. The normalized spacial score (nSPS) is 13.9. The van der Waals surface area contributed by atoms with Gasteiger partial charge in [-0.25, -0.2) is 5.01 Å². The van der Waals surface area contributed by atoms with Crippen LogP contribution in [0.1, 0.15) is 57.5 Å². The Morgan fingerprint density at radius 1 is 1.21 bits per heavy atom. The third-order valence-electron chi connectivity index (χ3n) is 5.87. The molecule has 176 valence electrons. The molecular weight excluding hydrogens is 479 g/mol. The fourth-order valence-corrected chi connectivity index (χ4v) is 4.86. The van der Waals surface area contributed by atoms with Crippen molar-refractivity contribution in [1.82, 2.24) is 20.2 Å². The van der Waals surface area contributed by atoms with E-state index in [1.165, 1.54) is 5.01 Å². The maximum Gasteiger partial charge on any atom is 0.303 e. The topological polar surface area (TPSA) is 105 Å². The molecule has 0 radical (unpaired) electrons. The summed E-state index contributed by atoms with van der Waals surface area (Å²) in [6.45, 7) is 1.97. The van der Waals surface area contributed by atoms with Crippen molar-refractivity contribution in [3.05, 3.63) is 75.0 Å². The minimum Gasteiger partial charge on any atom is -0.481 e. The van der Waals surface area contributed by atoms with Gasteiger partial charge in [0.05, 0.1) is 34.8 Å². The summed E-state index contributed by atoms with van der Waals surface area (Å²) >= 11 is 12.9. The minimum absolute atomic E-state index is 0.0770. The van der Waals surface area contributed by atoms with Gasteiger partial charge in [0.1, 0.15) is 0 Å². The highest BCUT2D eigenvalue weighted by atomic mass is 35.5. The molecule has 0 fully saturated rings. The maximum absolute atomic E-state index is 13.3. The van der Waals surface area contributed by atoms with Crippen molar-refractivity contribution < 1.29 is 19.5 Å². The number of carbonyl (C=O) groups excluding carboxylic acids is 2. The number of fused-ring (bicyclic) bond motifs is 1. The van der Waals surface area contributed by atoms with Crippen LogP contribution in [0.15, 0.2) is 42.7 Å². The fraction of sp³-hybridized carbons (Fsp3) is 0.250. The van der Waals surface area contributed by atoms with Crippen LogP contribution in [0.5, 0.6) is 0 Å². The molecule has 0 saturated carbocycles. The first kappa shape index (κ1) is 23.8. The van der Waals surface area contributed by atoms with Crippen LogP contribution in [0.3, 0.4) is 0 Å². The molecule has 1 aliphatic rings. The second-order valence-corrected chi connectivity index (χ2v) is 8.95. The van der Waals surface area contributed by atoms with Crippen molar-refractivity contribution in [3.63, 3.8) is 0 Å². The monoisotopic (exact) mass is 500 g/mol. The zero-order valence-electron chi connectivity index (χ0n) is 18.5. The number of aliphatic carboxylic acids is 1. The highest BCUT2D eigenvalue weighted by molar-refractivity contribution is 6.40. The van der Waals surface area contributed by atoms with E-state index in [9.17, 15) is 19.5 Å². The molecule has 4 rings (SSSR count). The van der Waals surface area contributed by atoms with Gasteiger partial charge in [-0.05, 0) is 41.2 Å². The van der Waals surface area contributed by atoms with E-state index in [-0.39, 0.29) is 34.5 Å². The third kappa shape index (κ3) is 4.51. The van der Waals surface area contributed by atoms with E-state index in [1.807, 2.05) is 6.92 Å². The van der Waals surface area contributed by atoms with Crippen LogP contribution in [0.2, 0.25) is 10.0 Å². The number of hydrazine groups is 1. The van der Waals surface area contributed by atoms with Gasteiger partial charge in [0.15, 0.2) is 0 Å². The predicted molar refractivity (Wildman–Crippen MR) is 128 cm³/mol. The molecule has 10 heteroatoms. The van der Waals surface area contributed by atoms with Crippen LogP contribution >= 0.6 is 23.2 Å². The molecule has 2 N–H and O–H groups in total. The van der Waals surface area contributed by atoms with Crippen molar-refractivity contribution in [3.8, 4) is 11.1 Å². The van der Waals surface area contributed by atoms with E-state index in [2.05, 4.69) is 10.5 Å². The Bertz CT molecular complexity index is 1280. The van der Waals surface area contributed by atoms with E-state index in [0.29, 0.717) is 28.7 Å². The van der Waals surface area contributed by atoms with Gasteiger partial charge in [0, 0.05) is 24.4 Å². The van der Waals surface area contributed by atoms with E-state index in [4.69, 9.17) is 23.2 Å². The number of rotatable bonds is 6. The molecule has 34 heavy (non-hydrogen) atoms. The van der Waals surface area contributed by atoms with Gasteiger partial charge < -0.3 is 5.11 Å². The van der Waals surface area contributed by atoms with E-state index >= 15 is 0 Å². The Morgan fingerprint density at radius 2 is 1.91 bits per heavy atom. The van der Waals surface area contributed by atoms with Crippen molar-refractivity contribution in [2.24, 2.45) is 7.05 Å². The number of aromatic nitrogens is 2. The standard InChI is InChI=1S/C24H22Cl2N4O4/c1-3-13(9-20(31)32)17-6-4-5-14-12-30(28-23(33)21(14)17)24(34)22-18(25)7-15(8-19(22)26)16-10-27-29(2)11-16/h4-8,10-11,13H,3,9,12H2,1-2H3,(H,28,33)(H,31,32). The molecule has 8 nitrogen and oxygen atoms in total. The van der Waals surface area contributed by atoms with Gasteiger partial charge in [-0.1, -0.05) is 48.3 Å². The largest absolute Gasteiger partial charge is 0.481 e. The first-order valence-corrected chi connectivity index (χ1v) is 11.4. The average Bonchev–Trinajstić information content (AvgIpc) is 3.22. The Balaban J connectivity index is 1.65. The summed E-state index contributed by atoms with van der Waals surface area (Å²) in [5.41, 5.74) is 5.88. The van der Waals surface area contributed by atoms with Gasteiger partial charge in [0.2, 0.25) is 0 Å². The molecule has 2 amide bonds. The number of hydrogen-bond donors (Lipinski definition) is 2. The molecule has 3 aromatic rings. The number of carbonyl (C=O) groups is 3. The highest BCUT2D eigenvalue weighted by Gasteiger charge is 2.32. The van der Waals surface area contributed by atoms with E-state index < -0.39 is 17.8 Å². The number of halogens is 2. The van der Waals surface area contributed by atoms with Gasteiger partial charge in [0.25, 0.3) is 11.8 Å². The molecule has 1 atom stereocenters. The van der Waals surface area contributed by atoms with E-state index in [1.54, 1.807) is 54.5 Å². The average molecular weight is 501 g/mol. The second kappa shape index (κ2) is 9.48. The summed E-state index contributed by atoms with van der Waals surface area (Å²) in [5.74, 6) is -2.27. The summed E-state index contributed by atoms with van der Waals surface area (Å²) in [4.78, 5) is 37.6. The van der Waals surface area contributed by atoms with Crippen molar-refractivity contribution in [1.29, 1.82) is 0 Å². The van der Waals surface area contributed by atoms with Crippen LogP contribution in [0.4, 0.5) is 0 Å². The summed E-state index contributed by atoms with van der Waals surface area (Å²) < 4.78 is 1.64. The Kier molecular flexibility index (Phi) is 6.63. The number of aryl methyl sites for hydroxylation is 1. The van der Waals surface area contributed by atoms with Crippen LogP contribution < -0.4 is 5.43 Å². The minimum atomic E-state index is -0.934. The summed E-state index contributed by atoms with van der Waals surface area (Å²) in [6.07, 6.45) is 3.94. The molecule has 2 heterocycles. The lowest BCUT2D eigenvalue weighted by molar-refractivity contribution is -0.137. The molecule has 1 aliphatic heterocycles. The number of nitrogens with zero attached hydrogens (tertiary/aromatic N) is 3. The number of carboxylic acids is 1. The van der Waals surface area contributed by atoms with Crippen LogP contribution in [0.25, 0.3) is 11.1 Å². The molecular formula is C24H22Cl2N4O4. The molecule has 0 spiro atoms. The van der Waals surface area contributed by atoms with Crippen molar-refractivity contribution >= 4 is 41.0 Å². The summed E-state index contributed by atoms with van der Waals surface area (Å²) in [5, 5.41) is 14.9. The predicted octanol–water partition coefficient (Wildman–Crippen LogP) is 4.66. The zero-order chi connectivity index (χ0) is 24.6. The summed E-state index contributed by atoms with van der Waals surface area (Å²) in [6, 6.07) is 8.54. The van der Waals surface area contributed by atoms with E-state index in [0.717, 1.165) is 5.56 Å². The molecule has 2 aromatic carbocycles. The smallest absolute Gasteiger partial charge is 0.303 e. The van der Waals surface area contributed by atoms with Gasteiger partial charge in [-0.2, -0.15) is 5.10 Å². The molecule has 0 saturated heterocycles. The molecule has 0 aliphatic carbocycles. The first-order chi connectivity index (χ1) is 16.2. The molecule has 0 bridgehead atoms. The van der Waals surface area contributed by atoms with Crippen LogP contribution in [0, 0.1) is 0 Å². The first-order valence-electron chi connectivity index (χ1n) is 10.6. The van der Waals surface area contributed by atoms with Gasteiger partial charge in [-0.15, -0.1) is 0 Å². The van der Waals surface area contributed by atoms with Crippen molar-refractivity contribution in [2.75, 3.05) is 0 Å².